The van der Waals surface area contributed by atoms with Gasteiger partial charge in [0.1, 0.15) is 6.10 Å². The third-order valence-electron chi connectivity index (χ3n) is 2.65. The molecule has 0 aromatic carbocycles. The molecule has 1 saturated heterocycles. The lowest BCUT2D eigenvalue weighted by molar-refractivity contribution is 0.0611. The average Bonchev–Trinajstić information content (AvgIpc) is 2.25. The molecule has 0 spiro atoms. The first-order valence-electron chi connectivity index (χ1n) is 6.08. The van der Waals surface area contributed by atoms with Crippen LogP contribution in [0.4, 0.5) is 0 Å². The molecule has 0 bridgehead atoms. The van der Waals surface area contributed by atoms with Crippen LogP contribution >= 0.6 is 22.6 Å². The molecule has 1 aliphatic rings. The first-order chi connectivity index (χ1) is 7.34. The Morgan fingerprint density at radius 2 is 2.20 bits per heavy atom. The van der Waals surface area contributed by atoms with Crippen LogP contribution < -0.4 is 0 Å². The second kappa shape index (κ2) is 8.41. The van der Waals surface area contributed by atoms with Gasteiger partial charge in [-0.25, -0.2) is 0 Å². The van der Waals surface area contributed by atoms with Crippen LogP contribution in [0, 0.1) is 11.8 Å². The fourth-order valence-electron chi connectivity index (χ4n) is 1.69. The van der Waals surface area contributed by atoms with E-state index in [1.807, 2.05) is 0 Å². The van der Waals surface area contributed by atoms with Crippen molar-refractivity contribution in [3.05, 3.63) is 0 Å². The number of ether oxygens (including phenoxy) is 1. The fraction of sp³-hybridized carbons (Fsp3) is 0.846. The van der Waals surface area contributed by atoms with Crippen LogP contribution in [0.2, 0.25) is 0 Å². The molecule has 15 heavy (non-hydrogen) atoms. The quantitative estimate of drug-likeness (QED) is 0.330. The topological polar surface area (TPSA) is 9.23 Å². The zero-order valence-corrected chi connectivity index (χ0v) is 11.8. The minimum absolute atomic E-state index is 0.200. The van der Waals surface area contributed by atoms with Gasteiger partial charge < -0.3 is 4.74 Å². The number of unbranched alkanes of at least 4 members (excludes halogenated alkanes) is 4. The molecule has 1 aliphatic heterocycles. The van der Waals surface area contributed by atoms with Crippen LogP contribution in [0.5, 0.6) is 0 Å². The average molecular weight is 320 g/mol. The van der Waals surface area contributed by atoms with E-state index in [0.717, 1.165) is 13.0 Å². The SMILES string of the molecule is CCCCCCC#C[C@@H]1OCCC[C@H]1I. The summed E-state index contributed by atoms with van der Waals surface area (Å²) in [7, 11) is 0. The molecular weight excluding hydrogens is 299 g/mol. The first kappa shape index (κ1) is 13.3. The van der Waals surface area contributed by atoms with E-state index in [-0.39, 0.29) is 6.10 Å². The van der Waals surface area contributed by atoms with E-state index >= 15 is 0 Å². The molecule has 1 fully saturated rings. The molecule has 0 aliphatic carbocycles. The van der Waals surface area contributed by atoms with Gasteiger partial charge in [-0.3, -0.25) is 0 Å². The van der Waals surface area contributed by atoms with Crippen molar-refractivity contribution in [2.24, 2.45) is 0 Å². The van der Waals surface area contributed by atoms with Crippen molar-refractivity contribution in [3.8, 4) is 11.8 Å². The molecule has 86 valence electrons. The van der Waals surface area contributed by atoms with Gasteiger partial charge >= 0.3 is 0 Å². The Labute approximate surface area is 107 Å². The Morgan fingerprint density at radius 3 is 2.93 bits per heavy atom. The summed E-state index contributed by atoms with van der Waals surface area (Å²) in [4.78, 5) is 0. The Kier molecular flexibility index (Phi) is 7.46. The van der Waals surface area contributed by atoms with Gasteiger partial charge in [0, 0.05) is 17.0 Å². The van der Waals surface area contributed by atoms with Crippen molar-refractivity contribution in [2.75, 3.05) is 6.61 Å². The summed E-state index contributed by atoms with van der Waals surface area (Å²) in [6.45, 7) is 3.14. The van der Waals surface area contributed by atoms with Crippen molar-refractivity contribution in [1.29, 1.82) is 0 Å². The molecule has 0 N–H and O–H groups in total. The molecule has 0 radical (unpaired) electrons. The van der Waals surface area contributed by atoms with E-state index in [1.54, 1.807) is 0 Å². The summed E-state index contributed by atoms with van der Waals surface area (Å²) in [5.74, 6) is 6.53. The first-order valence-corrected chi connectivity index (χ1v) is 7.33. The standard InChI is InChI=1S/C13H21IO/c1-2-3-4-5-6-7-10-13-12(14)9-8-11-15-13/h12-13H,2-6,8-9,11H2,1H3/t12-,13+/m1/s1. The molecular formula is C13H21IO. The smallest absolute Gasteiger partial charge is 0.129 e. The largest absolute Gasteiger partial charge is 0.364 e. The van der Waals surface area contributed by atoms with E-state index in [2.05, 4.69) is 41.4 Å². The van der Waals surface area contributed by atoms with Gasteiger partial charge in [0.15, 0.2) is 0 Å². The third kappa shape index (κ3) is 5.77. The molecule has 0 aromatic rings. The lowest BCUT2D eigenvalue weighted by Gasteiger charge is -2.23. The summed E-state index contributed by atoms with van der Waals surface area (Å²) in [6, 6.07) is 0. The highest BCUT2D eigenvalue weighted by molar-refractivity contribution is 14.1. The van der Waals surface area contributed by atoms with E-state index < -0.39 is 0 Å². The minimum Gasteiger partial charge on any atom is -0.364 e. The molecule has 2 atom stereocenters. The monoisotopic (exact) mass is 320 g/mol. The highest BCUT2D eigenvalue weighted by atomic mass is 127. The molecule has 1 rings (SSSR count). The van der Waals surface area contributed by atoms with Gasteiger partial charge in [-0.05, 0) is 19.3 Å². The summed E-state index contributed by atoms with van der Waals surface area (Å²) < 4.78 is 6.23. The van der Waals surface area contributed by atoms with Gasteiger partial charge in [0.2, 0.25) is 0 Å². The molecule has 1 heterocycles. The number of rotatable bonds is 4. The van der Waals surface area contributed by atoms with Crippen molar-refractivity contribution < 1.29 is 4.74 Å². The highest BCUT2D eigenvalue weighted by Gasteiger charge is 2.20. The van der Waals surface area contributed by atoms with Crippen LogP contribution in [-0.2, 0) is 4.74 Å². The predicted octanol–water partition coefficient (Wildman–Crippen LogP) is 3.94. The minimum atomic E-state index is 0.200. The zero-order valence-electron chi connectivity index (χ0n) is 9.60. The lowest BCUT2D eigenvalue weighted by atomic mass is 10.1. The number of halogens is 1. The molecule has 0 aromatic heterocycles. The molecule has 0 unspecified atom stereocenters. The van der Waals surface area contributed by atoms with Crippen molar-refractivity contribution >= 4 is 22.6 Å². The van der Waals surface area contributed by atoms with Crippen LogP contribution in [0.25, 0.3) is 0 Å². The van der Waals surface area contributed by atoms with Crippen molar-refractivity contribution in [3.63, 3.8) is 0 Å². The highest BCUT2D eigenvalue weighted by Crippen LogP contribution is 2.20. The third-order valence-corrected chi connectivity index (χ3v) is 3.93. The van der Waals surface area contributed by atoms with Gasteiger partial charge in [0.25, 0.3) is 0 Å². The van der Waals surface area contributed by atoms with Crippen LogP contribution in [-0.4, -0.2) is 16.6 Å². The van der Waals surface area contributed by atoms with E-state index in [0.29, 0.717) is 3.92 Å². The number of hydrogen-bond acceptors (Lipinski definition) is 1. The Morgan fingerprint density at radius 1 is 1.33 bits per heavy atom. The van der Waals surface area contributed by atoms with Crippen LogP contribution in [0.15, 0.2) is 0 Å². The summed E-state index contributed by atoms with van der Waals surface area (Å²) >= 11 is 2.47. The summed E-state index contributed by atoms with van der Waals surface area (Å²) in [5.41, 5.74) is 0. The number of hydrogen-bond donors (Lipinski definition) is 0. The molecule has 0 saturated carbocycles. The van der Waals surface area contributed by atoms with Crippen molar-refractivity contribution in [2.45, 2.75) is 61.9 Å². The maximum absolute atomic E-state index is 5.64. The predicted molar refractivity (Wildman–Crippen MR) is 73.3 cm³/mol. The second-order valence-corrected chi connectivity index (χ2v) is 5.68. The van der Waals surface area contributed by atoms with Gasteiger partial charge in [0.05, 0.1) is 0 Å². The van der Waals surface area contributed by atoms with Crippen LogP contribution in [0.1, 0.15) is 51.9 Å². The zero-order chi connectivity index (χ0) is 10.9. The van der Waals surface area contributed by atoms with Gasteiger partial charge in [-0.2, -0.15) is 0 Å². The van der Waals surface area contributed by atoms with E-state index in [9.17, 15) is 0 Å². The second-order valence-electron chi connectivity index (χ2n) is 4.08. The summed E-state index contributed by atoms with van der Waals surface area (Å²) in [6.07, 6.45) is 8.92. The maximum Gasteiger partial charge on any atom is 0.129 e. The lowest BCUT2D eigenvalue weighted by Crippen LogP contribution is -2.28. The van der Waals surface area contributed by atoms with Crippen LogP contribution in [0.3, 0.4) is 0 Å². The van der Waals surface area contributed by atoms with Gasteiger partial charge in [-0.15, -0.1) is 5.92 Å². The molecule has 1 nitrogen and oxygen atoms in total. The maximum atomic E-state index is 5.64. The van der Waals surface area contributed by atoms with Crippen molar-refractivity contribution in [1.82, 2.24) is 0 Å². The molecule has 2 heteroatoms. The van der Waals surface area contributed by atoms with E-state index in [1.165, 1.54) is 38.5 Å². The number of alkyl halides is 1. The summed E-state index contributed by atoms with van der Waals surface area (Å²) in [5, 5.41) is 0. The Hall–Kier alpha value is 0.250. The fourth-order valence-corrected chi connectivity index (χ4v) is 2.52. The van der Waals surface area contributed by atoms with Gasteiger partial charge in [-0.1, -0.05) is 54.7 Å². The normalized spacial score (nSPS) is 25.7. The molecule has 0 amide bonds. The Balaban J connectivity index is 2.13. The Bertz CT molecular complexity index is 216. The van der Waals surface area contributed by atoms with E-state index in [4.69, 9.17) is 4.74 Å².